The maximum absolute atomic E-state index is 12.2. The van der Waals surface area contributed by atoms with Crippen molar-refractivity contribution in [1.29, 1.82) is 5.26 Å². The molecule has 5 heteroatoms. The summed E-state index contributed by atoms with van der Waals surface area (Å²) in [6.45, 7) is 0.366. The molecule has 1 N–H and O–H groups in total. The van der Waals surface area contributed by atoms with Gasteiger partial charge in [0.05, 0.1) is 14.2 Å². The molecule has 2 aromatic carbocycles. The van der Waals surface area contributed by atoms with Crippen LogP contribution in [-0.4, -0.2) is 20.1 Å². The highest BCUT2D eigenvalue weighted by molar-refractivity contribution is 6.01. The summed E-state index contributed by atoms with van der Waals surface area (Å²) < 4.78 is 10.4. The Kier molecular flexibility index (Phi) is 5.98. The third kappa shape index (κ3) is 4.37. The van der Waals surface area contributed by atoms with Gasteiger partial charge in [-0.15, -0.1) is 0 Å². The molecular weight excluding hydrogens is 304 g/mol. The fourth-order valence-electron chi connectivity index (χ4n) is 2.13. The molecule has 5 nitrogen and oxygen atoms in total. The Bertz CT molecular complexity index is 777. The van der Waals surface area contributed by atoms with E-state index in [2.05, 4.69) is 5.32 Å². The van der Waals surface area contributed by atoms with Crippen LogP contribution >= 0.6 is 0 Å². The minimum atomic E-state index is -0.420. The van der Waals surface area contributed by atoms with E-state index in [1.165, 1.54) is 13.2 Å². The third-order valence-electron chi connectivity index (χ3n) is 3.38. The zero-order chi connectivity index (χ0) is 17.4. The lowest BCUT2D eigenvalue weighted by molar-refractivity contribution is -0.117. The van der Waals surface area contributed by atoms with E-state index in [0.717, 1.165) is 5.56 Å². The summed E-state index contributed by atoms with van der Waals surface area (Å²) in [6.07, 6.45) is 1.52. The molecular formula is C19H18N2O3. The molecule has 0 fully saturated rings. The third-order valence-corrected chi connectivity index (χ3v) is 3.38. The first kappa shape index (κ1) is 17.1. The van der Waals surface area contributed by atoms with Gasteiger partial charge in [0.15, 0.2) is 11.5 Å². The molecule has 0 spiro atoms. The normalized spacial score (nSPS) is 10.6. The van der Waals surface area contributed by atoms with E-state index in [1.807, 2.05) is 36.4 Å². The van der Waals surface area contributed by atoms with E-state index >= 15 is 0 Å². The van der Waals surface area contributed by atoms with Crippen molar-refractivity contribution in [2.24, 2.45) is 0 Å². The van der Waals surface area contributed by atoms with Crippen LogP contribution in [0.15, 0.2) is 54.1 Å². The molecule has 0 bridgehead atoms. The molecule has 24 heavy (non-hydrogen) atoms. The fraction of sp³-hybridized carbons (Fsp3) is 0.158. The van der Waals surface area contributed by atoms with Gasteiger partial charge in [0.1, 0.15) is 11.6 Å². The van der Waals surface area contributed by atoms with Crippen LogP contribution in [0.1, 0.15) is 11.1 Å². The summed E-state index contributed by atoms with van der Waals surface area (Å²) in [7, 11) is 3.08. The Morgan fingerprint density at radius 3 is 2.46 bits per heavy atom. The molecule has 2 rings (SSSR count). The fourth-order valence-corrected chi connectivity index (χ4v) is 2.13. The lowest BCUT2D eigenvalue weighted by atomic mass is 10.1. The molecule has 0 aliphatic rings. The second-order valence-electron chi connectivity index (χ2n) is 4.95. The molecule has 2 aromatic rings. The molecule has 0 aliphatic carbocycles. The maximum Gasteiger partial charge on any atom is 0.262 e. The number of amides is 1. The number of nitrogens with one attached hydrogen (secondary N) is 1. The largest absolute Gasteiger partial charge is 0.493 e. The number of methoxy groups -OCH3 is 2. The molecule has 0 heterocycles. The summed E-state index contributed by atoms with van der Waals surface area (Å²) >= 11 is 0. The quantitative estimate of drug-likeness (QED) is 0.655. The van der Waals surface area contributed by atoms with Crippen molar-refractivity contribution in [2.75, 3.05) is 14.2 Å². The Morgan fingerprint density at radius 1 is 1.12 bits per heavy atom. The second-order valence-corrected chi connectivity index (χ2v) is 4.95. The van der Waals surface area contributed by atoms with Gasteiger partial charge in [-0.3, -0.25) is 4.79 Å². The smallest absolute Gasteiger partial charge is 0.262 e. The molecule has 0 aliphatic heterocycles. The number of nitrogens with zero attached hydrogens (tertiary/aromatic N) is 1. The lowest BCUT2D eigenvalue weighted by Crippen LogP contribution is -2.23. The molecule has 0 atom stereocenters. The van der Waals surface area contributed by atoms with E-state index in [4.69, 9.17) is 9.47 Å². The van der Waals surface area contributed by atoms with Gasteiger partial charge in [0.2, 0.25) is 0 Å². The van der Waals surface area contributed by atoms with Crippen LogP contribution in [0.4, 0.5) is 0 Å². The van der Waals surface area contributed by atoms with Crippen LogP contribution in [0.5, 0.6) is 11.5 Å². The van der Waals surface area contributed by atoms with Crippen molar-refractivity contribution in [1.82, 2.24) is 5.32 Å². The van der Waals surface area contributed by atoms with Crippen molar-refractivity contribution in [3.05, 3.63) is 65.2 Å². The molecule has 122 valence electrons. The van der Waals surface area contributed by atoms with Crippen LogP contribution in [-0.2, 0) is 11.3 Å². The van der Waals surface area contributed by atoms with Crippen LogP contribution in [0, 0.1) is 11.3 Å². The zero-order valence-electron chi connectivity index (χ0n) is 13.6. The maximum atomic E-state index is 12.2. The Labute approximate surface area is 141 Å². The topological polar surface area (TPSA) is 71.3 Å². The monoisotopic (exact) mass is 322 g/mol. The van der Waals surface area contributed by atoms with E-state index in [9.17, 15) is 10.1 Å². The number of benzene rings is 2. The second kappa shape index (κ2) is 8.39. The number of carbonyl (C=O) groups excluding carboxylic acids is 1. The molecule has 0 unspecified atom stereocenters. The molecule has 0 saturated carbocycles. The van der Waals surface area contributed by atoms with Gasteiger partial charge in [-0.25, -0.2) is 0 Å². The number of ether oxygens (including phenoxy) is 2. The van der Waals surface area contributed by atoms with E-state index in [-0.39, 0.29) is 5.57 Å². The first-order chi connectivity index (χ1) is 11.7. The minimum absolute atomic E-state index is 0.0261. The molecule has 0 aromatic heterocycles. The standard InChI is InChI=1S/C19H18N2O3/c1-23-17-9-8-15(11-18(17)24-2)10-16(12-20)19(22)21-13-14-6-4-3-5-7-14/h3-11H,13H2,1-2H3,(H,21,22)/b16-10-. The van der Waals surface area contributed by atoms with Crippen molar-refractivity contribution in [3.63, 3.8) is 0 Å². The average molecular weight is 322 g/mol. The van der Waals surface area contributed by atoms with E-state index in [0.29, 0.717) is 23.6 Å². The van der Waals surface area contributed by atoms with Gasteiger partial charge < -0.3 is 14.8 Å². The Hall–Kier alpha value is -3.26. The van der Waals surface area contributed by atoms with Gasteiger partial charge in [0.25, 0.3) is 5.91 Å². The highest BCUT2D eigenvalue weighted by Crippen LogP contribution is 2.28. The highest BCUT2D eigenvalue weighted by atomic mass is 16.5. The predicted molar refractivity (Wildman–Crippen MR) is 91.4 cm³/mol. The summed E-state index contributed by atoms with van der Waals surface area (Å²) in [6, 6.07) is 16.6. The Morgan fingerprint density at radius 2 is 1.83 bits per heavy atom. The summed E-state index contributed by atoms with van der Waals surface area (Å²) in [5.41, 5.74) is 1.67. The van der Waals surface area contributed by atoms with Gasteiger partial charge in [-0.05, 0) is 29.3 Å². The van der Waals surface area contributed by atoms with Gasteiger partial charge in [-0.2, -0.15) is 5.26 Å². The number of carbonyl (C=O) groups is 1. The zero-order valence-corrected chi connectivity index (χ0v) is 13.6. The van der Waals surface area contributed by atoms with Crippen molar-refractivity contribution in [3.8, 4) is 17.6 Å². The first-order valence-electron chi connectivity index (χ1n) is 7.34. The van der Waals surface area contributed by atoms with E-state index < -0.39 is 5.91 Å². The van der Waals surface area contributed by atoms with Gasteiger partial charge >= 0.3 is 0 Å². The SMILES string of the molecule is COc1ccc(/C=C(/C#N)C(=O)NCc2ccccc2)cc1OC. The summed E-state index contributed by atoms with van der Waals surface area (Å²) in [5.74, 6) is 0.700. The molecule has 0 saturated heterocycles. The molecule has 0 radical (unpaired) electrons. The van der Waals surface area contributed by atoms with Crippen LogP contribution < -0.4 is 14.8 Å². The van der Waals surface area contributed by atoms with Crippen molar-refractivity contribution >= 4 is 12.0 Å². The van der Waals surface area contributed by atoms with Gasteiger partial charge in [-0.1, -0.05) is 36.4 Å². The van der Waals surface area contributed by atoms with Crippen molar-refractivity contribution in [2.45, 2.75) is 6.54 Å². The minimum Gasteiger partial charge on any atom is -0.493 e. The number of hydrogen-bond acceptors (Lipinski definition) is 4. The summed E-state index contributed by atoms with van der Waals surface area (Å²) in [5, 5.41) is 12.0. The Balaban J connectivity index is 2.13. The molecule has 1 amide bonds. The first-order valence-corrected chi connectivity index (χ1v) is 7.34. The van der Waals surface area contributed by atoms with Crippen LogP contribution in [0.3, 0.4) is 0 Å². The lowest BCUT2D eigenvalue weighted by Gasteiger charge is -2.08. The van der Waals surface area contributed by atoms with Gasteiger partial charge in [0, 0.05) is 6.54 Å². The number of hydrogen-bond donors (Lipinski definition) is 1. The van der Waals surface area contributed by atoms with Crippen LogP contribution in [0.2, 0.25) is 0 Å². The summed E-state index contributed by atoms with van der Waals surface area (Å²) in [4.78, 5) is 12.2. The van der Waals surface area contributed by atoms with E-state index in [1.54, 1.807) is 25.3 Å². The van der Waals surface area contributed by atoms with Crippen LogP contribution in [0.25, 0.3) is 6.08 Å². The number of nitriles is 1. The predicted octanol–water partition coefficient (Wildman–Crippen LogP) is 2.93. The average Bonchev–Trinajstić information content (AvgIpc) is 2.64. The number of rotatable bonds is 6. The highest BCUT2D eigenvalue weighted by Gasteiger charge is 2.10. The van der Waals surface area contributed by atoms with Crippen molar-refractivity contribution < 1.29 is 14.3 Å².